The van der Waals surface area contributed by atoms with E-state index in [4.69, 9.17) is 0 Å². The lowest BCUT2D eigenvalue weighted by Gasteiger charge is -2.39. The molecule has 0 aromatic rings. The Morgan fingerprint density at radius 3 is 2.23 bits per heavy atom. The molecule has 9 nitrogen and oxygen atoms in total. The van der Waals surface area contributed by atoms with Gasteiger partial charge in [0.1, 0.15) is 6.04 Å². The lowest BCUT2D eigenvalue weighted by atomic mass is 9.96. The van der Waals surface area contributed by atoms with Crippen molar-refractivity contribution in [3.05, 3.63) is 0 Å². The van der Waals surface area contributed by atoms with Crippen molar-refractivity contribution in [2.75, 3.05) is 51.0 Å². The molecule has 2 rings (SSSR count). The van der Waals surface area contributed by atoms with Gasteiger partial charge in [0.15, 0.2) is 0 Å². The van der Waals surface area contributed by atoms with Gasteiger partial charge in [-0.2, -0.15) is 28.8 Å². The molecule has 30 heavy (non-hydrogen) atoms. The van der Waals surface area contributed by atoms with Gasteiger partial charge in [0.25, 0.3) is 10.2 Å². The predicted molar refractivity (Wildman–Crippen MR) is 121 cm³/mol. The molecule has 1 aliphatic heterocycles. The number of hydrogen-bond donors (Lipinski definition) is 1. The summed E-state index contributed by atoms with van der Waals surface area (Å²) in [6, 6.07) is -0.766. The molecule has 2 fully saturated rings. The van der Waals surface area contributed by atoms with E-state index in [1.54, 1.807) is 23.7 Å². The van der Waals surface area contributed by atoms with Gasteiger partial charge in [-0.05, 0) is 38.2 Å². The van der Waals surface area contributed by atoms with E-state index in [9.17, 15) is 21.6 Å². The van der Waals surface area contributed by atoms with Crippen molar-refractivity contribution >= 4 is 37.9 Å². The molecule has 0 aromatic heterocycles. The standard InChI is InChI=1S/C18H36N4O5S3/c1-4-29(24,25)19-17(10-15-28-3)18(23)21-11-13-22(14-12-21)30(26,27)20(2)16-8-6-5-7-9-16/h16-17,19H,4-15H2,1-3H3. The third-order valence-corrected chi connectivity index (χ3v) is 10.0. The van der Waals surface area contributed by atoms with E-state index >= 15 is 0 Å². The predicted octanol–water partition coefficient (Wildman–Crippen LogP) is 0.701. The summed E-state index contributed by atoms with van der Waals surface area (Å²) in [7, 11) is -5.42. The van der Waals surface area contributed by atoms with Crippen LogP contribution in [0.2, 0.25) is 0 Å². The van der Waals surface area contributed by atoms with Crippen LogP contribution in [0.5, 0.6) is 0 Å². The van der Waals surface area contributed by atoms with Crippen molar-refractivity contribution in [1.82, 2.24) is 18.2 Å². The second-order valence-corrected chi connectivity index (χ2v) is 12.9. The molecule has 1 aliphatic carbocycles. The summed E-state index contributed by atoms with van der Waals surface area (Å²) in [4.78, 5) is 14.5. The summed E-state index contributed by atoms with van der Waals surface area (Å²) in [5.41, 5.74) is 0. The van der Waals surface area contributed by atoms with Gasteiger partial charge in [-0.3, -0.25) is 4.79 Å². The number of hydrogen-bond acceptors (Lipinski definition) is 6. The van der Waals surface area contributed by atoms with E-state index in [0.29, 0.717) is 12.2 Å². The van der Waals surface area contributed by atoms with E-state index in [-0.39, 0.29) is 43.9 Å². The van der Waals surface area contributed by atoms with Gasteiger partial charge in [-0.25, -0.2) is 13.1 Å². The largest absolute Gasteiger partial charge is 0.339 e. The van der Waals surface area contributed by atoms with Crippen molar-refractivity contribution in [2.45, 2.75) is 57.5 Å². The molecule has 0 radical (unpaired) electrons. The zero-order chi connectivity index (χ0) is 22.4. The Balaban J connectivity index is 1.99. The van der Waals surface area contributed by atoms with Crippen LogP contribution >= 0.6 is 11.8 Å². The highest BCUT2D eigenvalue weighted by Crippen LogP contribution is 2.25. The molecule has 176 valence electrons. The fourth-order valence-corrected chi connectivity index (χ4v) is 6.81. The molecule has 1 amide bonds. The summed E-state index contributed by atoms with van der Waals surface area (Å²) < 4.78 is 55.5. The van der Waals surface area contributed by atoms with Crippen LogP contribution in [0.15, 0.2) is 0 Å². The fourth-order valence-electron chi connectivity index (χ4n) is 3.94. The summed E-state index contributed by atoms with van der Waals surface area (Å²) in [5.74, 6) is 0.289. The van der Waals surface area contributed by atoms with Crippen molar-refractivity contribution in [2.24, 2.45) is 0 Å². The number of thioether (sulfide) groups is 1. The molecular formula is C18H36N4O5S3. The number of sulfonamides is 1. The molecule has 1 heterocycles. The first-order chi connectivity index (χ1) is 14.1. The zero-order valence-electron chi connectivity index (χ0n) is 18.2. The van der Waals surface area contributed by atoms with Crippen LogP contribution < -0.4 is 4.72 Å². The summed E-state index contributed by atoms with van der Waals surface area (Å²) >= 11 is 1.55. The highest BCUT2D eigenvalue weighted by atomic mass is 32.2. The molecule has 0 bridgehead atoms. The van der Waals surface area contributed by atoms with Crippen LogP contribution in [0.25, 0.3) is 0 Å². The van der Waals surface area contributed by atoms with Crippen LogP contribution in [0, 0.1) is 0 Å². The fraction of sp³-hybridized carbons (Fsp3) is 0.944. The number of amides is 1. The maximum Gasteiger partial charge on any atom is 0.282 e. The lowest BCUT2D eigenvalue weighted by Crippen LogP contribution is -2.58. The molecule has 1 saturated heterocycles. The molecule has 1 unspecified atom stereocenters. The molecule has 0 spiro atoms. The highest BCUT2D eigenvalue weighted by Gasteiger charge is 2.36. The first-order valence-electron chi connectivity index (χ1n) is 10.6. The lowest BCUT2D eigenvalue weighted by molar-refractivity contribution is -0.134. The van der Waals surface area contributed by atoms with Gasteiger partial charge < -0.3 is 4.90 Å². The Hall–Kier alpha value is -0.400. The third-order valence-electron chi connectivity index (χ3n) is 5.94. The number of piperazine rings is 1. The van der Waals surface area contributed by atoms with Gasteiger partial charge in [0.05, 0.1) is 5.75 Å². The smallest absolute Gasteiger partial charge is 0.282 e. The Labute approximate surface area is 186 Å². The minimum atomic E-state index is -3.56. The van der Waals surface area contributed by atoms with Crippen LogP contribution in [0.1, 0.15) is 45.4 Å². The minimum absolute atomic E-state index is 0.0442. The summed E-state index contributed by atoms with van der Waals surface area (Å²) in [6.45, 7) is 2.51. The number of rotatable bonds is 10. The van der Waals surface area contributed by atoms with Gasteiger partial charge in [0.2, 0.25) is 15.9 Å². The first kappa shape index (κ1) is 25.9. The number of nitrogens with one attached hydrogen (secondary N) is 1. The Kier molecular flexibility index (Phi) is 9.88. The second kappa shape index (κ2) is 11.5. The molecule has 1 N–H and O–H groups in total. The van der Waals surface area contributed by atoms with Crippen LogP contribution in [0.3, 0.4) is 0 Å². The Bertz CT molecular complexity index is 761. The SMILES string of the molecule is CCS(=O)(=O)NC(CCSC)C(=O)N1CCN(S(=O)(=O)N(C)C2CCCCC2)CC1. The number of carbonyl (C=O) groups is 1. The Morgan fingerprint density at radius 2 is 1.70 bits per heavy atom. The van der Waals surface area contributed by atoms with Gasteiger partial charge >= 0.3 is 0 Å². The maximum absolute atomic E-state index is 13.0. The van der Waals surface area contributed by atoms with E-state index in [1.807, 2.05) is 6.26 Å². The zero-order valence-corrected chi connectivity index (χ0v) is 20.7. The molecule has 0 aromatic carbocycles. The minimum Gasteiger partial charge on any atom is -0.339 e. The highest BCUT2D eigenvalue weighted by molar-refractivity contribution is 7.98. The van der Waals surface area contributed by atoms with Crippen molar-refractivity contribution in [1.29, 1.82) is 0 Å². The van der Waals surface area contributed by atoms with E-state index in [2.05, 4.69) is 4.72 Å². The second-order valence-electron chi connectivity index (χ2n) is 7.90. The average Bonchev–Trinajstić information content (AvgIpc) is 2.76. The molecule has 12 heteroatoms. The van der Waals surface area contributed by atoms with Crippen LogP contribution in [-0.4, -0.2) is 99.3 Å². The molecule has 1 saturated carbocycles. The maximum atomic E-state index is 13.0. The van der Waals surface area contributed by atoms with Crippen molar-refractivity contribution in [3.63, 3.8) is 0 Å². The molecule has 1 atom stereocenters. The Morgan fingerprint density at radius 1 is 1.10 bits per heavy atom. The first-order valence-corrected chi connectivity index (χ1v) is 15.1. The van der Waals surface area contributed by atoms with Gasteiger partial charge in [-0.15, -0.1) is 0 Å². The van der Waals surface area contributed by atoms with Crippen molar-refractivity contribution in [3.8, 4) is 0 Å². The van der Waals surface area contributed by atoms with Crippen molar-refractivity contribution < 1.29 is 21.6 Å². The van der Waals surface area contributed by atoms with E-state index < -0.39 is 26.3 Å². The molecular weight excluding hydrogens is 448 g/mol. The van der Waals surface area contributed by atoms with Gasteiger partial charge in [0, 0.05) is 39.3 Å². The monoisotopic (exact) mass is 484 g/mol. The molecule has 2 aliphatic rings. The van der Waals surface area contributed by atoms with E-state index in [1.165, 1.54) is 15.5 Å². The van der Waals surface area contributed by atoms with E-state index in [0.717, 1.165) is 32.1 Å². The number of carbonyl (C=O) groups excluding carboxylic acids is 1. The van der Waals surface area contributed by atoms with Crippen LogP contribution in [0.4, 0.5) is 0 Å². The quantitative estimate of drug-likeness (QED) is 0.489. The average molecular weight is 485 g/mol. The number of nitrogens with zero attached hydrogens (tertiary/aromatic N) is 3. The topological polar surface area (TPSA) is 107 Å². The summed E-state index contributed by atoms with van der Waals surface area (Å²) in [6.07, 6.45) is 7.36. The summed E-state index contributed by atoms with van der Waals surface area (Å²) in [5, 5.41) is 0. The van der Waals surface area contributed by atoms with Gasteiger partial charge in [-0.1, -0.05) is 19.3 Å². The third kappa shape index (κ3) is 6.80. The van der Waals surface area contributed by atoms with Crippen LogP contribution in [-0.2, 0) is 25.0 Å². The normalized spacial score (nSPS) is 21.1.